The van der Waals surface area contributed by atoms with Crippen LogP contribution in [0.15, 0.2) is 51.8 Å². The van der Waals surface area contributed by atoms with Gasteiger partial charge in [-0.1, -0.05) is 15.9 Å². The van der Waals surface area contributed by atoms with E-state index >= 15 is 0 Å². The molecule has 8 heteroatoms. The van der Waals surface area contributed by atoms with Gasteiger partial charge < -0.3 is 10.6 Å². The van der Waals surface area contributed by atoms with E-state index in [2.05, 4.69) is 26.6 Å². The number of hydrogen-bond acceptors (Lipinski definition) is 3. The molecule has 0 unspecified atom stereocenters. The van der Waals surface area contributed by atoms with Crippen molar-refractivity contribution >= 4 is 54.7 Å². The zero-order valence-corrected chi connectivity index (χ0v) is 14.8. The Labute approximate surface area is 143 Å². The van der Waals surface area contributed by atoms with Crippen LogP contribution in [0.2, 0.25) is 0 Å². The summed E-state index contributed by atoms with van der Waals surface area (Å²) in [6.45, 7) is 1.97. The van der Waals surface area contributed by atoms with Gasteiger partial charge in [-0.05, 0) is 67.2 Å². The fraction of sp³-hybridized carbons (Fsp3) is 0.0714. The average molecular weight is 400 g/mol. The van der Waals surface area contributed by atoms with Gasteiger partial charge in [0, 0.05) is 15.8 Å². The smallest absolute Gasteiger partial charge is 0.238 e. The molecule has 0 aliphatic rings. The molecule has 116 valence electrons. The van der Waals surface area contributed by atoms with Crippen LogP contribution in [0.25, 0.3) is 0 Å². The maximum Gasteiger partial charge on any atom is 0.238 e. The van der Waals surface area contributed by atoms with E-state index < -0.39 is 10.0 Å². The molecule has 0 saturated carbocycles. The third kappa shape index (κ3) is 4.51. The number of benzene rings is 2. The molecule has 5 nitrogen and oxygen atoms in total. The average Bonchev–Trinajstić information content (AvgIpc) is 2.41. The molecule has 4 N–H and O–H groups in total. The van der Waals surface area contributed by atoms with Crippen LogP contribution in [0.4, 0.5) is 11.4 Å². The Morgan fingerprint density at radius 2 is 1.77 bits per heavy atom. The lowest BCUT2D eigenvalue weighted by molar-refractivity contribution is 0.598. The number of hydrogen-bond donors (Lipinski definition) is 3. The third-order valence-corrected chi connectivity index (χ3v) is 4.50. The molecule has 0 atom stereocenters. The monoisotopic (exact) mass is 399 g/mol. The highest BCUT2D eigenvalue weighted by Gasteiger charge is 2.07. The van der Waals surface area contributed by atoms with E-state index in [1.165, 1.54) is 12.1 Å². The fourth-order valence-corrected chi connectivity index (χ4v) is 3.00. The molecule has 0 amide bonds. The molecule has 0 saturated heterocycles. The lowest BCUT2D eigenvalue weighted by Crippen LogP contribution is -2.19. The summed E-state index contributed by atoms with van der Waals surface area (Å²) in [6.07, 6.45) is 0. The minimum absolute atomic E-state index is 0.0562. The van der Waals surface area contributed by atoms with Crippen molar-refractivity contribution in [1.29, 1.82) is 0 Å². The lowest BCUT2D eigenvalue weighted by atomic mass is 10.2. The molecule has 0 aliphatic carbocycles. The van der Waals surface area contributed by atoms with Crippen molar-refractivity contribution in [2.45, 2.75) is 11.8 Å². The van der Waals surface area contributed by atoms with Gasteiger partial charge in [0.1, 0.15) is 0 Å². The van der Waals surface area contributed by atoms with Crippen molar-refractivity contribution in [3.63, 3.8) is 0 Å². The minimum atomic E-state index is -3.69. The van der Waals surface area contributed by atoms with E-state index in [0.29, 0.717) is 10.8 Å². The largest absolute Gasteiger partial charge is 0.332 e. The molecule has 0 heterocycles. The summed E-state index contributed by atoms with van der Waals surface area (Å²) in [5, 5.41) is 11.5. The van der Waals surface area contributed by atoms with Gasteiger partial charge in [-0.2, -0.15) is 0 Å². The molecule has 0 fully saturated rings. The maximum atomic E-state index is 11.2. The summed E-state index contributed by atoms with van der Waals surface area (Å²) in [6, 6.07) is 11.9. The predicted octanol–water partition coefficient (Wildman–Crippen LogP) is 3.21. The van der Waals surface area contributed by atoms with Gasteiger partial charge in [0.05, 0.1) is 4.90 Å². The number of aryl methyl sites for hydroxylation is 1. The van der Waals surface area contributed by atoms with Gasteiger partial charge in [0.25, 0.3) is 0 Å². The number of nitrogens with one attached hydrogen (secondary N) is 2. The van der Waals surface area contributed by atoms with Gasteiger partial charge in [-0.25, -0.2) is 13.6 Å². The maximum absolute atomic E-state index is 11.2. The molecular weight excluding hydrogens is 386 g/mol. The Morgan fingerprint density at radius 1 is 1.14 bits per heavy atom. The summed E-state index contributed by atoms with van der Waals surface area (Å²) >= 11 is 8.64. The van der Waals surface area contributed by atoms with E-state index in [9.17, 15) is 8.42 Å². The highest BCUT2D eigenvalue weighted by atomic mass is 79.9. The molecule has 0 spiro atoms. The molecular formula is C14H14BrN3O2S2. The molecule has 2 aromatic carbocycles. The first-order chi connectivity index (χ1) is 10.3. The number of anilines is 2. The number of nitrogens with two attached hydrogens (primary N) is 1. The van der Waals surface area contributed by atoms with Crippen LogP contribution in [0.3, 0.4) is 0 Å². The van der Waals surface area contributed by atoms with Crippen LogP contribution in [-0.4, -0.2) is 13.5 Å². The van der Waals surface area contributed by atoms with Crippen molar-refractivity contribution in [3.8, 4) is 0 Å². The number of primary sulfonamides is 1. The van der Waals surface area contributed by atoms with Crippen LogP contribution in [-0.2, 0) is 10.0 Å². The molecule has 0 aliphatic heterocycles. The number of thiocarbonyl (C=S) groups is 1. The van der Waals surface area contributed by atoms with Gasteiger partial charge in [-0.3, -0.25) is 0 Å². The summed E-state index contributed by atoms with van der Waals surface area (Å²) in [5.41, 5.74) is 2.60. The highest BCUT2D eigenvalue weighted by molar-refractivity contribution is 9.10. The van der Waals surface area contributed by atoms with Gasteiger partial charge in [0.15, 0.2) is 5.11 Å². The zero-order chi connectivity index (χ0) is 16.3. The fourth-order valence-electron chi connectivity index (χ4n) is 1.78. The Kier molecular flexibility index (Phi) is 5.17. The van der Waals surface area contributed by atoms with Gasteiger partial charge in [-0.15, -0.1) is 0 Å². The molecule has 2 rings (SSSR count). The first-order valence-electron chi connectivity index (χ1n) is 6.23. The van der Waals surface area contributed by atoms with Crippen LogP contribution in [0.1, 0.15) is 5.56 Å². The molecule has 0 aromatic heterocycles. The second-order valence-electron chi connectivity index (χ2n) is 4.61. The van der Waals surface area contributed by atoms with Gasteiger partial charge >= 0.3 is 0 Å². The third-order valence-electron chi connectivity index (χ3n) is 2.88. The SMILES string of the molecule is Cc1cc(Br)ccc1NC(=S)Nc1ccc(S(N)(=O)=O)cc1. The number of sulfonamides is 1. The van der Waals surface area contributed by atoms with E-state index in [1.807, 2.05) is 25.1 Å². The number of halogens is 1. The molecule has 0 radical (unpaired) electrons. The Bertz CT molecular complexity index is 805. The normalized spacial score (nSPS) is 11.0. The Balaban J connectivity index is 2.06. The van der Waals surface area contributed by atoms with E-state index in [-0.39, 0.29) is 4.90 Å². The summed E-state index contributed by atoms with van der Waals surface area (Å²) in [7, 11) is -3.69. The highest BCUT2D eigenvalue weighted by Crippen LogP contribution is 2.20. The van der Waals surface area contributed by atoms with Gasteiger partial charge in [0.2, 0.25) is 10.0 Å². The quantitative estimate of drug-likeness (QED) is 0.689. The van der Waals surface area contributed by atoms with Crippen LogP contribution >= 0.6 is 28.1 Å². The van der Waals surface area contributed by atoms with Crippen molar-refractivity contribution < 1.29 is 8.42 Å². The standard InChI is InChI=1S/C14H14BrN3O2S2/c1-9-8-10(15)2-7-13(9)18-14(21)17-11-3-5-12(6-4-11)22(16,19)20/h2-8H,1H3,(H2,16,19,20)(H2,17,18,21). The summed E-state index contributed by atoms with van der Waals surface area (Å²) in [4.78, 5) is 0.0562. The summed E-state index contributed by atoms with van der Waals surface area (Å²) in [5.74, 6) is 0. The second-order valence-corrected chi connectivity index (χ2v) is 7.49. The first kappa shape index (κ1) is 16.9. The lowest BCUT2D eigenvalue weighted by Gasteiger charge is -2.13. The predicted molar refractivity (Wildman–Crippen MR) is 96.5 cm³/mol. The zero-order valence-electron chi connectivity index (χ0n) is 11.6. The van der Waals surface area contributed by atoms with Crippen molar-refractivity contribution in [2.75, 3.05) is 10.6 Å². The summed E-state index contributed by atoms with van der Waals surface area (Å²) < 4.78 is 23.4. The van der Waals surface area contributed by atoms with Crippen molar-refractivity contribution in [3.05, 3.63) is 52.5 Å². The topological polar surface area (TPSA) is 84.2 Å². The van der Waals surface area contributed by atoms with Crippen molar-refractivity contribution in [2.24, 2.45) is 5.14 Å². The van der Waals surface area contributed by atoms with E-state index in [0.717, 1.165) is 15.7 Å². The van der Waals surface area contributed by atoms with Crippen LogP contribution < -0.4 is 15.8 Å². The second kappa shape index (κ2) is 6.74. The van der Waals surface area contributed by atoms with Crippen LogP contribution in [0, 0.1) is 6.92 Å². The minimum Gasteiger partial charge on any atom is -0.332 e. The van der Waals surface area contributed by atoms with Crippen LogP contribution in [0.5, 0.6) is 0 Å². The van der Waals surface area contributed by atoms with Crippen molar-refractivity contribution in [1.82, 2.24) is 0 Å². The Hall–Kier alpha value is -1.48. The first-order valence-corrected chi connectivity index (χ1v) is 8.97. The number of rotatable bonds is 3. The molecule has 2 aromatic rings. The van der Waals surface area contributed by atoms with E-state index in [4.69, 9.17) is 17.4 Å². The van der Waals surface area contributed by atoms with E-state index in [1.54, 1.807) is 12.1 Å². The Morgan fingerprint density at radius 3 is 2.32 bits per heavy atom. The molecule has 0 bridgehead atoms. The molecule has 22 heavy (non-hydrogen) atoms.